The lowest BCUT2D eigenvalue weighted by molar-refractivity contribution is -0.127. The second-order valence-corrected chi connectivity index (χ2v) is 7.77. The van der Waals surface area contributed by atoms with E-state index in [0.717, 1.165) is 17.0 Å². The number of nitrogens with zero attached hydrogens (tertiary/aromatic N) is 5. The minimum atomic E-state index is -0.0329. The van der Waals surface area contributed by atoms with E-state index in [-0.39, 0.29) is 11.7 Å². The summed E-state index contributed by atoms with van der Waals surface area (Å²) in [5.41, 5.74) is 1.83. The normalized spacial score (nSPS) is 11.0. The monoisotopic (exact) mass is 423 g/mol. The Bertz CT molecular complexity index is 1110. The maximum absolute atomic E-state index is 12.6. The summed E-state index contributed by atoms with van der Waals surface area (Å²) in [6.45, 7) is 2.80. The van der Waals surface area contributed by atoms with Gasteiger partial charge in [-0.2, -0.15) is 0 Å². The van der Waals surface area contributed by atoms with Gasteiger partial charge in [0, 0.05) is 13.1 Å². The van der Waals surface area contributed by atoms with Crippen LogP contribution in [-0.2, 0) is 17.9 Å². The molecule has 8 nitrogen and oxygen atoms in total. The highest BCUT2D eigenvalue weighted by molar-refractivity contribution is 7.99. The Balaban J connectivity index is 1.48. The van der Waals surface area contributed by atoms with Gasteiger partial charge in [0.1, 0.15) is 11.5 Å². The molecule has 154 valence electrons. The van der Waals surface area contributed by atoms with Crippen molar-refractivity contribution in [3.63, 3.8) is 0 Å². The van der Waals surface area contributed by atoms with Crippen LogP contribution in [0.2, 0.25) is 0 Å². The van der Waals surface area contributed by atoms with E-state index in [1.165, 1.54) is 11.8 Å². The van der Waals surface area contributed by atoms with Crippen LogP contribution in [0.15, 0.2) is 68.9 Å². The van der Waals surface area contributed by atoms with Gasteiger partial charge in [-0.1, -0.05) is 47.3 Å². The number of benzene rings is 1. The molecule has 0 saturated heterocycles. The van der Waals surface area contributed by atoms with E-state index in [0.29, 0.717) is 29.8 Å². The summed E-state index contributed by atoms with van der Waals surface area (Å²) in [5.74, 6) is 2.19. The molecule has 9 heteroatoms. The standard InChI is InChI=1S/C21H21N5O3S/c1-15-11-17(24-29-15)13-25(2)19(27)14-30-21-23-22-20(18-9-6-10-28-18)26(21)12-16-7-4-3-5-8-16/h3-11H,12-14H2,1-2H3. The lowest BCUT2D eigenvalue weighted by Gasteiger charge is -2.15. The Morgan fingerprint density at radius 2 is 2.00 bits per heavy atom. The first-order valence-corrected chi connectivity index (χ1v) is 10.4. The molecule has 1 aromatic carbocycles. The summed E-state index contributed by atoms with van der Waals surface area (Å²) < 4.78 is 12.5. The molecule has 3 heterocycles. The largest absolute Gasteiger partial charge is 0.461 e. The SMILES string of the molecule is Cc1cc(CN(C)C(=O)CSc2nnc(-c3ccco3)n2Cc2ccccc2)no1. The lowest BCUT2D eigenvalue weighted by Crippen LogP contribution is -2.28. The summed E-state index contributed by atoms with van der Waals surface area (Å²) >= 11 is 1.35. The fraction of sp³-hybridized carbons (Fsp3) is 0.238. The van der Waals surface area contributed by atoms with Crippen molar-refractivity contribution in [2.45, 2.75) is 25.2 Å². The van der Waals surface area contributed by atoms with Crippen LogP contribution in [0.3, 0.4) is 0 Å². The highest BCUT2D eigenvalue weighted by Crippen LogP contribution is 2.25. The molecular formula is C21H21N5O3S. The van der Waals surface area contributed by atoms with Crippen LogP contribution in [0.5, 0.6) is 0 Å². The fourth-order valence-corrected chi connectivity index (χ4v) is 3.83. The minimum absolute atomic E-state index is 0.0329. The van der Waals surface area contributed by atoms with Crippen LogP contribution in [0.25, 0.3) is 11.6 Å². The van der Waals surface area contributed by atoms with Crippen molar-refractivity contribution in [1.82, 2.24) is 24.8 Å². The number of carbonyl (C=O) groups excluding carboxylic acids is 1. The van der Waals surface area contributed by atoms with Gasteiger partial charge in [-0.15, -0.1) is 10.2 Å². The molecule has 0 unspecified atom stereocenters. The third kappa shape index (κ3) is 4.62. The van der Waals surface area contributed by atoms with Crippen molar-refractivity contribution in [2.24, 2.45) is 0 Å². The van der Waals surface area contributed by atoms with E-state index in [1.807, 2.05) is 60.0 Å². The average Bonchev–Trinajstić information content (AvgIpc) is 3.49. The number of aryl methyl sites for hydroxylation is 1. The zero-order valence-corrected chi connectivity index (χ0v) is 17.5. The van der Waals surface area contributed by atoms with Gasteiger partial charge < -0.3 is 13.8 Å². The maximum atomic E-state index is 12.6. The molecule has 30 heavy (non-hydrogen) atoms. The molecule has 4 aromatic rings. The molecule has 0 atom stereocenters. The Morgan fingerprint density at radius 1 is 1.17 bits per heavy atom. The molecule has 0 bridgehead atoms. The van der Waals surface area contributed by atoms with E-state index in [1.54, 1.807) is 18.2 Å². The third-order valence-corrected chi connectivity index (χ3v) is 5.42. The highest BCUT2D eigenvalue weighted by Gasteiger charge is 2.19. The van der Waals surface area contributed by atoms with Gasteiger partial charge in [-0.3, -0.25) is 9.36 Å². The van der Waals surface area contributed by atoms with E-state index >= 15 is 0 Å². The zero-order valence-electron chi connectivity index (χ0n) is 16.7. The number of carbonyl (C=O) groups is 1. The molecule has 0 radical (unpaired) electrons. The van der Waals surface area contributed by atoms with Crippen molar-refractivity contribution in [1.29, 1.82) is 0 Å². The first-order chi connectivity index (χ1) is 14.6. The number of amides is 1. The van der Waals surface area contributed by atoms with Crippen molar-refractivity contribution < 1.29 is 13.7 Å². The second kappa shape index (κ2) is 9.00. The van der Waals surface area contributed by atoms with Gasteiger partial charge in [-0.25, -0.2) is 0 Å². The molecule has 0 aliphatic carbocycles. The second-order valence-electron chi connectivity index (χ2n) is 6.82. The quantitative estimate of drug-likeness (QED) is 0.400. The first-order valence-electron chi connectivity index (χ1n) is 9.40. The van der Waals surface area contributed by atoms with E-state index in [9.17, 15) is 4.79 Å². The number of rotatable bonds is 8. The lowest BCUT2D eigenvalue weighted by atomic mass is 10.2. The summed E-state index contributed by atoms with van der Waals surface area (Å²) in [7, 11) is 1.75. The first kappa shape index (κ1) is 20.0. The summed E-state index contributed by atoms with van der Waals surface area (Å²) in [6.07, 6.45) is 1.60. The molecular weight excluding hydrogens is 402 g/mol. The van der Waals surface area contributed by atoms with E-state index < -0.39 is 0 Å². The van der Waals surface area contributed by atoms with Gasteiger partial charge in [-0.05, 0) is 24.6 Å². The van der Waals surface area contributed by atoms with Crippen molar-refractivity contribution in [3.8, 4) is 11.6 Å². The molecule has 3 aromatic heterocycles. The van der Waals surface area contributed by atoms with Crippen LogP contribution in [0, 0.1) is 6.92 Å². The Labute approximate surface area is 177 Å². The molecule has 4 rings (SSSR count). The van der Waals surface area contributed by atoms with Gasteiger partial charge in [0.25, 0.3) is 0 Å². The van der Waals surface area contributed by atoms with Crippen LogP contribution < -0.4 is 0 Å². The summed E-state index contributed by atoms with van der Waals surface area (Å²) in [4.78, 5) is 14.2. The van der Waals surface area contributed by atoms with E-state index in [2.05, 4.69) is 15.4 Å². The maximum Gasteiger partial charge on any atom is 0.233 e. The topological polar surface area (TPSA) is 90.2 Å². The Morgan fingerprint density at radius 3 is 2.70 bits per heavy atom. The van der Waals surface area contributed by atoms with Crippen LogP contribution in [0.4, 0.5) is 0 Å². The molecule has 0 N–H and O–H groups in total. The Kier molecular flexibility index (Phi) is 5.99. The predicted molar refractivity (Wildman–Crippen MR) is 112 cm³/mol. The highest BCUT2D eigenvalue weighted by atomic mass is 32.2. The number of hydrogen-bond acceptors (Lipinski definition) is 7. The van der Waals surface area contributed by atoms with Crippen LogP contribution in [0.1, 0.15) is 17.0 Å². The average molecular weight is 423 g/mol. The van der Waals surface area contributed by atoms with E-state index in [4.69, 9.17) is 8.94 Å². The molecule has 1 amide bonds. The number of furan rings is 1. The number of aromatic nitrogens is 4. The molecule has 0 aliphatic heterocycles. The smallest absolute Gasteiger partial charge is 0.233 e. The predicted octanol–water partition coefficient (Wildman–Crippen LogP) is 3.63. The zero-order chi connectivity index (χ0) is 20.9. The number of thioether (sulfide) groups is 1. The fourth-order valence-electron chi connectivity index (χ4n) is 2.95. The molecule has 0 aliphatic rings. The molecule has 0 fully saturated rings. The van der Waals surface area contributed by atoms with Crippen LogP contribution >= 0.6 is 11.8 Å². The van der Waals surface area contributed by atoms with Crippen molar-refractivity contribution >= 4 is 17.7 Å². The third-order valence-electron chi connectivity index (χ3n) is 4.47. The van der Waals surface area contributed by atoms with Crippen molar-refractivity contribution in [3.05, 3.63) is 71.8 Å². The van der Waals surface area contributed by atoms with Gasteiger partial charge in [0.2, 0.25) is 11.7 Å². The van der Waals surface area contributed by atoms with Crippen molar-refractivity contribution in [2.75, 3.05) is 12.8 Å². The van der Waals surface area contributed by atoms with Gasteiger partial charge in [0.15, 0.2) is 10.9 Å². The van der Waals surface area contributed by atoms with Gasteiger partial charge >= 0.3 is 0 Å². The van der Waals surface area contributed by atoms with Gasteiger partial charge in [0.05, 0.1) is 25.1 Å². The molecule has 0 saturated carbocycles. The van der Waals surface area contributed by atoms with Crippen LogP contribution in [-0.4, -0.2) is 43.5 Å². The summed E-state index contributed by atoms with van der Waals surface area (Å²) in [5, 5.41) is 13.2. The molecule has 0 spiro atoms. The minimum Gasteiger partial charge on any atom is -0.461 e. The Hall–Kier alpha value is -3.33. The number of hydrogen-bond donors (Lipinski definition) is 0. The summed E-state index contributed by atoms with van der Waals surface area (Å²) in [6, 6.07) is 15.5.